The van der Waals surface area contributed by atoms with Gasteiger partial charge in [-0.3, -0.25) is 14.4 Å². The number of hydrogen-bond acceptors (Lipinski definition) is 3. The Labute approximate surface area is 167 Å². The van der Waals surface area contributed by atoms with E-state index in [1.54, 1.807) is 24.3 Å². The average molecular weight is 390 g/mol. The van der Waals surface area contributed by atoms with Crippen molar-refractivity contribution in [2.45, 2.75) is 52.5 Å². The molecule has 2 rings (SSSR count). The lowest BCUT2D eigenvalue weighted by Crippen LogP contribution is -3.14. The fraction of sp³-hybridized carbons (Fsp3) is 0.571. The highest BCUT2D eigenvalue weighted by Gasteiger charge is 2.24. The van der Waals surface area contributed by atoms with Crippen LogP contribution in [0.1, 0.15) is 46.5 Å². The molecule has 0 aliphatic heterocycles. The Morgan fingerprint density at radius 3 is 2.11 bits per heavy atom. The number of carbonyl (C=O) groups excluding carboxylic acids is 3. The Morgan fingerprint density at radius 1 is 0.964 bits per heavy atom. The number of amides is 3. The number of likely N-dealkylation sites (N-methyl/N-ethyl adjacent to an activating group) is 1. The molecule has 1 unspecified atom stereocenters. The predicted molar refractivity (Wildman–Crippen MR) is 110 cm³/mol. The molecule has 1 aliphatic rings. The van der Waals surface area contributed by atoms with Gasteiger partial charge in [-0.15, -0.1) is 0 Å². The van der Waals surface area contributed by atoms with Gasteiger partial charge in [-0.2, -0.15) is 0 Å². The fourth-order valence-corrected chi connectivity index (χ4v) is 3.60. The van der Waals surface area contributed by atoms with E-state index in [9.17, 15) is 14.4 Å². The molecule has 3 atom stereocenters. The average Bonchev–Trinajstić information content (AvgIpc) is 2.64. The monoisotopic (exact) mass is 389 g/mol. The molecule has 7 nitrogen and oxygen atoms in total. The maximum Gasteiger partial charge on any atom is 0.279 e. The van der Waals surface area contributed by atoms with Crippen LogP contribution in [0, 0.1) is 5.92 Å². The minimum atomic E-state index is -0.139. The minimum Gasteiger partial charge on any atom is -0.348 e. The van der Waals surface area contributed by atoms with Gasteiger partial charge in [0.2, 0.25) is 5.91 Å². The molecule has 28 heavy (non-hydrogen) atoms. The van der Waals surface area contributed by atoms with E-state index in [0.717, 1.165) is 11.3 Å². The van der Waals surface area contributed by atoms with E-state index < -0.39 is 0 Å². The van der Waals surface area contributed by atoms with E-state index in [-0.39, 0.29) is 30.3 Å². The number of hydrogen-bond donors (Lipinski definition) is 4. The van der Waals surface area contributed by atoms with Crippen molar-refractivity contribution in [1.29, 1.82) is 0 Å². The van der Waals surface area contributed by atoms with Crippen LogP contribution in [0.4, 0.5) is 11.4 Å². The van der Waals surface area contributed by atoms with E-state index in [4.69, 9.17) is 0 Å². The maximum absolute atomic E-state index is 12.4. The van der Waals surface area contributed by atoms with Crippen molar-refractivity contribution in [2.24, 2.45) is 5.92 Å². The van der Waals surface area contributed by atoms with Gasteiger partial charge in [0.05, 0.1) is 6.54 Å². The molecule has 154 valence electrons. The lowest BCUT2D eigenvalue weighted by atomic mass is 9.86. The van der Waals surface area contributed by atoms with Crippen molar-refractivity contribution in [3.05, 3.63) is 24.3 Å². The van der Waals surface area contributed by atoms with E-state index >= 15 is 0 Å². The van der Waals surface area contributed by atoms with Crippen LogP contribution in [0.3, 0.4) is 0 Å². The number of benzene rings is 1. The van der Waals surface area contributed by atoms with Gasteiger partial charge in [-0.05, 0) is 49.9 Å². The maximum atomic E-state index is 12.4. The summed E-state index contributed by atoms with van der Waals surface area (Å²) in [7, 11) is 0. The summed E-state index contributed by atoms with van der Waals surface area (Å²) in [6.45, 7) is 6.85. The first-order chi connectivity index (χ1) is 13.4. The zero-order valence-corrected chi connectivity index (χ0v) is 17.1. The molecular formula is C21H33N4O3+. The number of carbonyl (C=O) groups is 3. The smallest absolute Gasteiger partial charge is 0.279 e. The molecule has 4 N–H and O–H groups in total. The van der Waals surface area contributed by atoms with Gasteiger partial charge in [-0.25, -0.2) is 0 Å². The summed E-state index contributed by atoms with van der Waals surface area (Å²) in [6, 6.07) is 7.22. The molecule has 7 heteroatoms. The molecule has 0 bridgehead atoms. The van der Waals surface area contributed by atoms with Crippen molar-refractivity contribution >= 4 is 29.1 Å². The Bertz CT molecular complexity index is 675. The van der Waals surface area contributed by atoms with Crippen molar-refractivity contribution in [1.82, 2.24) is 5.32 Å². The van der Waals surface area contributed by atoms with Crippen molar-refractivity contribution in [2.75, 3.05) is 30.3 Å². The van der Waals surface area contributed by atoms with Crippen LogP contribution in [0.15, 0.2) is 24.3 Å². The molecule has 1 aromatic rings. The van der Waals surface area contributed by atoms with Crippen LogP contribution < -0.4 is 20.9 Å². The summed E-state index contributed by atoms with van der Waals surface area (Å²) in [5, 5.41) is 8.68. The lowest BCUT2D eigenvalue weighted by molar-refractivity contribution is -0.881. The fourth-order valence-electron chi connectivity index (χ4n) is 3.60. The van der Waals surface area contributed by atoms with Gasteiger partial charge in [-0.1, -0.05) is 19.8 Å². The normalized spacial score (nSPS) is 20.1. The third-order valence-corrected chi connectivity index (χ3v) is 5.27. The lowest BCUT2D eigenvalue weighted by Gasteiger charge is -2.29. The summed E-state index contributed by atoms with van der Waals surface area (Å²) in [6.07, 6.45) is 4.62. The second kappa shape index (κ2) is 10.8. The Morgan fingerprint density at radius 2 is 1.54 bits per heavy atom. The minimum absolute atomic E-state index is 0.0167. The summed E-state index contributed by atoms with van der Waals surface area (Å²) < 4.78 is 0. The van der Waals surface area contributed by atoms with Gasteiger partial charge < -0.3 is 20.9 Å². The van der Waals surface area contributed by atoms with Gasteiger partial charge >= 0.3 is 0 Å². The summed E-state index contributed by atoms with van der Waals surface area (Å²) in [5.74, 6) is 0.262. The Balaban J connectivity index is 1.80. The second-order valence-corrected chi connectivity index (χ2v) is 7.70. The first-order valence-electron chi connectivity index (χ1n) is 10.2. The highest BCUT2D eigenvalue weighted by atomic mass is 16.2. The predicted octanol–water partition coefficient (Wildman–Crippen LogP) is 1.18. The largest absolute Gasteiger partial charge is 0.348 e. The number of rotatable bonds is 8. The molecule has 0 saturated heterocycles. The second-order valence-electron chi connectivity index (χ2n) is 7.70. The van der Waals surface area contributed by atoms with E-state index in [2.05, 4.69) is 22.9 Å². The molecule has 1 aliphatic carbocycles. The van der Waals surface area contributed by atoms with Gasteiger partial charge in [0, 0.05) is 24.3 Å². The first kappa shape index (κ1) is 21.9. The quantitative estimate of drug-likeness (QED) is 0.538. The molecule has 1 saturated carbocycles. The highest BCUT2D eigenvalue weighted by molar-refractivity contribution is 5.92. The number of anilines is 2. The summed E-state index contributed by atoms with van der Waals surface area (Å²) in [5.41, 5.74) is 1.34. The molecule has 3 amide bonds. The van der Waals surface area contributed by atoms with E-state index in [1.165, 1.54) is 26.2 Å². The van der Waals surface area contributed by atoms with Crippen LogP contribution in [0.5, 0.6) is 0 Å². The SMILES string of the molecule is CC[NH+](CC(=O)Nc1ccc(NC(C)=O)cc1)CC(=O)N[C@@H]1CCCC[C@@H]1C. The molecule has 0 aromatic heterocycles. The number of nitrogens with one attached hydrogen (secondary N) is 4. The van der Waals surface area contributed by atoms with Gasteiger partial charge in [0.15, 0.2) is 13.1 Å². The van der Waals surface area contributed by atoms with Crippen LogP contribution >= 0.6 is 0 Å². The Hall–Kier alpha value is -2.41. The molecular weight excluding hydrogens is 356 g/mol. The van der Waals surface area contributed by atoms with Gasteiger partial charge in [0.25, 0.3) is 11.8 Å². The molecule has 0 spiro atoms. The molecule has 0 heterocycles. The molecule has 1 fully saturated rings. The topological polar surface area (TPSA) is 91.7 Å². The zero-order chi connectivity index (χ0) is 20.5. The van der Waals surface area contributed by atoms with Crippen LogP contribution in [-0.2, 0) is 14.4 Å². The summed E-state index contributed by atoms with van der Waals surface area (Å²) in [4.78, 5) is 36.7. The third kappa shape index (κ3) is 7.31. The zero-order valence-electron chi connectivity index (χ0n) is 17.1. The van der Waals surface area contributed by atoms with Crippen LogP contribution in [-0.4, -0.2) is 43.4 Å². The van der Waals surface area contributed by atoms with Crippen molar-refractivity contribution in [3.63, 3.8) is 0 Å². The standard InChI is InChI=1S/C21H32N4O3/c1-4-25(14-21(28)24-19-8-6-5-7-15(19)2)13-20(27)23-18-11-9-17(10-12-18)22-16(3)26/h9-12,15,19H,4-8,13-14H2,1-3H3,(H,22,26)(H,23,27)(H,24,28)/p+1/t15-,19+/m0/s1. The summed E-state index contributed by atoms with van der Waals surface area (Å²) >= 11 is 0. The van der Waals surface area contributed by atoms with Crippen LogP contribution in [0.2, 0.25) is 0 Å². The van der Waals surface area contributed by atoms with E-state index in [1.807, 2.05) is 6.92 Å². The third-order valence-electron chi connectivity index (χ3n) is 5.27. The Kier molecular flexibility index (Phi) is 8.44. The van der Waals surface area contributed by atoms with Crippen molar-refractivity contribution in [3.8, 4) is 0 Å². The first-order valence-corrected chi connectivity index (χ1v) is 10.2. The van der Waals surface area contributed by atoms with Crippen LogP contribution in [0.25, 0.3) is 0 Å². The van der Waals surface area contributed by atoms with E-state index in [0.29, 0.717) is 30.4 Å². The highest BCUT2D eigenvalue weighted by Crippen LogP contribution is 2.23. The van der Waals surface area contributed by atoms with Gasteiger partial charge in [0.1, 0.15) is 0 Å². The number of quaternary nitrogens is 1. The molecule has 0 radical (unpaired) electrons. The van der Waals surface area contributed by atoms with Crippen molar-refractivity contribution < 1.29 is 19.3 Å². The molecule has 1 aromatic carbocycles.